The molecule has 1 heterocycles. The summed E-state index contributed by atoms with van der Waals surface area (Å²) in [6, 6.07) is 8.02. The van der Waals surface area contributed by atoms with Crippen LogP contribution in [-0.2, 0) is 0 Å². The van der Waals surface area contributed by atoms with E-state index in [1.165, 1.54) is 24.9 Å². The lowest BCUT2D eigenvalue weighted by Crippen LogP contribution is -2.34. The second kappa shape index (κ2) is 6.71. The fraction of sp³-hybridized carbons (Fsp3) is 0.562. The van der Waals surface area contributed by atoms with Gasteiger partial charge in [0.15, 0.2) is 5.78 Å². The highest BCUT2D eigenvalue weighted by atomic mass is 16.1. The Morgan fingerprint density at radius 3 is 2.42 bits per heavy atom. The Labute approximate surface area is 116 Å². The SMILES string of the molecule is CNCCC1CCN(c2ccc(C(C)=O)cc2)CC1. The second-order valence-corrected chi connectivity index (χ2v) is 5.43. The number of hydrogen-bond acceptors (Lipinski definition) is 3. The molecule has 1 aromatic carbocycles. The number of ketones is 1. The van der Waals surface area contributed by atoms with Crippen LogP contribution in [0.25, 0.3) is 0 Å². The zero-order valence-electron chi connectivity index (χ0n) is 12.0. The molecular formula is C16H24N2O. The smallest absolute Gasteiger partial charge is 0.159 e. The largest absolute Gasteiger partial charge is 0.372 e. The van der Waals surface area contributed by atoms with Crippen LogP contribution in [0.5, 0.6) is 0 Å². The Hall–Kier alpha value is -1.35. The van der Waals surface area contributed by atoms with Crippen LogP contribution in [-0.4, -0.2) is 32.5 Å². The van der Waals surface area contributed by atoms with Crippen LogP contribution in [0.4, 0.5) is 5.69 Å². The monoisotopic (exact) mass is 260 g/mol. The molecule has 0 saturated carbocycles. The van der Waals surface area contributed by atoms with Crippen LogP contribution in [0.15, 0.2) is 24.3 Å². The summed E-state index contributed by atoms with van der Waals surface area (Å²) in [5.74, 6) is 0.998. The molecule has 104 valence electrons. The van der Waals surface area contributed by atoms with Gasteiger partial charge < -0.3 is 10.2 Å². The highest BCUT2D eigenvalue weighted by Crippen LogP contribution is 2.25. The van der Waals surface area contributed by atoms with Gasteiger partial charge in [0.2, 0.25) is 0 Å². The molecule has 0 unspecified atom stereocenters. The number of rotatable bonds is 5. The summed E-state index contributed by atoms with van der Waals surface area (Å²) in [6.07, 6.45) is 3.83. The third kappa shape index (κ3) is 3.80. The molecule has 0 radical (unpaired) electrons. The van der Waals surface area contributed by atoms with E-state index in [0.717, 1.165) is 31.1 Å². The molecule has 1 fully saturated rings. The third-order valence-corrected chi connectivity index (χ3v) is 4.06. The first kappa shape index (κ1) is 14.1. The summed E-state index contributed by atoms with van der Waals surface area (Å²) in [7, 11) is 2.02. The highest BCUT2D eigenvalue weighted by Gasteiger charge is 2.18. The number of hydrogen-bond donors (Lipinski definition) is 1. The molecule has 1 aliphatic rings. The van der Waals surface area contributed by atoms with Crippen molar-refractivity contribution in [3.05, 3.63) is 29.8 Å². The first-order valence-electron chi connectivity index (χ1n) is 7.21. The van der Waals surface area contributed by atoms with Crippen molar-refractivity contribution < 1.29 is 4.79 Å². The van der Waals surface area contributed by atoms with E-state index in [0.29, 0.717) is 0 Å². The molecule has 1 saturated heterocycles. The molecule has 3 heteroatoms. The lowest BCUT2D eigenvalue weighted by molar-refractivity contribution is 0.101. The number of carbonyl (C=O) groups excluding carboxylic acids is 1. The minimum Gasteiger partial charge on any atom is -0.372 e. The number of nitrogens with one attached hydrogen (secondary N) is 1. The molecule has 0 atom stereocenters. The normalized spacial score (nSPS) is 16.6. The minimum absolute atomic E-state index is 0.136. The second-order valence-electron chi connectivity index (χ2n) is 5.43. The first-order valence-corrected chi connectivity index (χ1v) is 7.21. The fourth-order valence-electron chi connectivity index (χ4n) is 2.74. The van der Waals surface area contributed by atoms with Crippen LogP contribution in [0.3, 0.4) is 0 Å². The average Bonchev–Trinajstić information content (AvgIpc) is 2.46. The maximum atomic E-state index is 11.3. The van der Waals surface area contributed by atoms with Gasteiger partial charge in [-0.1, -0.05) is 0 Å². The Kier molecular flexibility index (Phi) is 4.97. The van der Waals surface area contributed by atoms with Gasteiger partial charge >= 0.3 is 0 Å². The summed E-state index contributed by atoms with van der Waals surface area (Å²) >= 11 is 0. The molecule has 0 aromatic heterocycles. The molecule has 19 heavy (non-hydrogen) atoms. The van der Waals surface area contributed by atoms with Gasteiger partial charge in [-0.05, 0) is 70.0 Å². The van der Waals surface area contributed by atoms with Crippen LogP contribution in [0.2, 0.25) is 0 Å². The maximum Gasteiger partial charge on any atom is 0.159 e. The average molecular weight is 260 g/mol. The van der Waals surface area contributed by atoms with Crippen molar-refractivity contribution >= 4 is 11.5 Å². The zero-order chi connectivity index (χ0) is 13.7. The number of anilines is 1. The lowest BCUT2D eigenvalue weighted by Gasteiger charge is -2.33. The van der Waals surface area contributed by atoms with Gasteiger partial charge in [-0.25, -0.2) is 0 Å². The fourth-order valence-corrected chi connectivity index (χ4v) is 2.74. The lowest BCUT2D eigenvalue weighted by atomic mass is 9.93. The standard InChI is InChI=1S/C16H24N2O/c1-13(19)15-3-5-16(6-4-15)18-11-8-14(9-12-18)7-10-17-2/h3-6,14,17H,7-12H2,1-2H3. The summed E-state index contributed by atoms with van der Waals surface area (Å²) in [5, 5.41) is 3.23. The number of nitrogens with zero attached hydrogens (tertiary/aromatic N) is 1. The van der Waals surface area contributed by atoms with Crippen molar-refractivity contribution in [3.63, 3.8) is 0 Å². The third-order valence-electron chi connectivity index (χ3n) is 4.06. The molecule has 3 nitrogen and oxygen atoms in total. The Morgan fingerprint density at radius 1 is 1.26 bits per heavy atom. The van der Waals surface area contributed by atoms with E-state index in [-0.39, 0.29) is 5.78 Å². The molecule has 0 amide bonds. The van der Waals surface area contributed by atoms with E-state index >= 15 is 0 Å². The first-order chi connectivity index (χ1) is 9.20. The topological polar surface area (TPSA) is 32.3 Å². The van der Waals surface area contributed by atoms with Crippen molar-refractivity contribution in [3.8, 4) is 0 Å². The molecule has 2 rings (SSSR count). The molecule has 1 aromatic rings. The molecule has 0 spiro atoms. The van der Waals surface area contributed by atoms with Crippen molar-refractivity contribution in [1.82, 2.24) is 5.32 Å². The number of benzene rings is 1. The van der Waals surface area contributed by atoms with Gasteiger partial charge in [0.1, 0.15) is 0 Å². The van der Waals surface area contributed by atoms with E-state index in [4.69, 9.17) is 0 Å². The van der Waals surface area contributed by atoms with Gasteiger partial charge in [0.05, 0.1) is 0 Å². The van der Waals surface area contributed by atoms with Crippen molar-refractivity contribution in [1.29, 1.82) is 0 Å². The van der Waals surface area contributed by atoms with Gasteiger partial charge in [0, 0.05) is 24.3 Å². The van der Waals surface area contributed by atoms with E-state index in [9.17, 15) is 4.79 Å². The van der Waals surface area contributed by atoms with Crippen LogP contribution < -0.4 is 10.2 Å². The number of Topliss-reactive ketones (excluding diaryl/α,β-unsaturated/α-hetero) is 1. The van der Waals surface area contributed by atoms with Gasteiger partial charge in [-0.15, -0.1) is 0 Å². The number of carbonyl (C=O) groups is 1. The maximum absolute atomic E-state index is 11.3. The zero-order valence-corrected chi connectivity index (χ0v) is 12.0. The molecule has 1 aliphatic heterocycles. The van der Waals surface area contributed by atoms with E-state index < -0.39 is 0 Å². The highest BCUT2D eigenvalue weighted by molar-refractivity contribution is 5.94. The molecule has 0 aliphatic carbocycles. The Bertz CT molecular complexity index is 405. The summed E-state index contributed by atoms with van der Waals surface area (Å²) < 4.78 is 0. The van der Waals surface area contributed by atoms with Crippen LogP contribution in [0, 0.1) is 5.92 Å². The summed E-state index contributed by atoms with van der Waals surface area (Å²) in [6.45, 7) is 5.00. The summed E-state index contributed by atoms with van der Waals surface area (Å²) in [5.41, 5.74) is 2.05. The van der Waals surface area contributed by atoms with Crippen molar-refractivity contribution in [2.45, 2.75) is 26.2 Å². The minimum atomic E-state index is 0.136. The van der Waals surface area contributed by atoms with Gasteiger partial charge in [-0.2, -0.15) is 0 Å². The van der Waals surface area contributed by atoms with E-state index in [1.807, 2.05) is 19.2 Å². The molecule has 0 bridgehead atoms. The molecule has 1 N–H and O–H groups in total. The molecular weight excluding hydrogens is 236 g/mol. The summed E-state index contributed by atoms with van der Waals surface area (Å²) in [4.78, 5) is 13.7. The van der Waals surface area contributed by atoms with Gasteiger partial charge in [-0.3, -0.25) is 4.79 Å². The van der Waals surface area contributed by atoms with E-state index in [2.05, 4.69) is 22.3 Å². The van der Waals surface area contributed by atoms with Crippen LogP contribution in [0.1, 0.15) is 36.5 Å². The quantitative estimate of drug-likeness (QED) is 0.826. The Morgan fingerprint density at radius 2 is 1.89 bits per heavy atom. The van der Waals surface area contributed by atoms with Crippen molar-refractivity contribution in [2.24, 2.45) is 5.92 Å². The Balaban J connectivity index is 1.88. The number of piperidine rings is 1. The van der Waals surface area contributed by atoms with Gasteiger partial charge in [0.25, 0.3) is 0 Å². The predicted octanol–water partition coefficient (Wildman–Crippen LogP) is 2.72. The predicted molar refractivity (Wildman–Crippen MR) is 79.9 cm³/mol. The van der Waals surface area contributed by atoms with Crippen molar-refractivity contribution in [2.75, 3.05) is 31.6 Å². The van der Waals surface area contributed by atoms with E-state index in [1.54, 1.807) is 6.92 Å². The van der Waals surface area contributed by atoms with Crippen LogP contribution >= 0.6 is 0 Å².